The second-order valence-electron chi connectivity index (χ2n) is 9.64. The number of aromatic nitrogens is 2. The fraction of sp³-hybridized carbons (Fsp3) is 0.560. The summed E-state index contributed by atoms with van der Waals surface area (Å²) in [7, 11) is 1.58. The molecule has 1 fully saturated rings. The maximum Gasteiger partial charge on any atom is 0.417 e. The Balaban J connectivity index is 1.44. The SMILES string of the molecule is COc1ccc(CN[C@@H]2CC[C@@](C(=O)N3CCc4ncc(C(F)(F)F)cc4C3)(C(C)C)C2)cn1. The first-order valence-corrected chi connectivity index (χ1v) is 11.7. The molecule has 34 heavy (non-hydrogen) atoms. The van der Waals surface area contributed by atoms with Crippen LogP contribution in [-0.4, -0.2) is 40.5 Å². The van der Waals surface area contributed by atoms with Crippen molar-refractivity contribution in [3.63, 3.8) is 0 Å². The van der Waals surface area contributed by atoms with E-state index in [-0.39, 0.29) is 24.4 Å². The highest BCUT2D eigenvalue weighted by molar-refractivity contribution is 5.83. The lowest BCUT2D eigenvalue weighted by atomic mass is 9.74. The first kappa shape index (κ1) is 24.4. The lowest BCUT2D eigenvalue weighted by Gasteiger charge is -2.39. The van der Waals surface area contributed by atoms with Gasteiger partial charge in [-0.15, -0.1) is 0 Å². The van der Waals surface area contributed by atoms with E-state index in [1.54, 1.807) is 18.2 Å². The molecule has 0 bridgehead atoms. The Morgan fingerprint density at radius 3 is 2.74 bits per heavy atom. The van der Waals surface area contributed by atoms with E-state index >= 15 is 0 Å². The second-order valence-corrected chi connectivity index (χ2v) is 9.64. The largest absolute Gasteiger partial charge is 0.481 e. The smallest absolute Gasteiger partial charge is 0.417 e. The Morgan fingerprint density at radius 1 is 1.29 bits per heavy atom. The average Bonchev–Trinajstić information content (AvgIpc) is 3.27. The van der Waals surface area contributed by atoms with E-state index in [9.17, 15) is 18.0 Å². The molecule has 1 saturated carbocycles. The average molecular weight is 477 g/mol. The third-order valence-corrected chi connectivity index (χ3v) is 7.34. The summed E-state index contributed by atoms with van der Waals surface area (Å²) in [6, 6.07) is 5.11. The predicted octanol–water partition coefficient (Wildman–Crippen LogP) is 4.37. The van der Waals surface area contributed by atoms with Crippen LogP contribution in [0.15, 0.2) is 30.6 Å². The van der Waals surface area contributed by atoms with Gasteiger partial charge < -0.3 is 15.0 Å². The number of ether oxygens (including phenoxy) is 1. The summed E-state index contributed by atoms with van der Waals surface area (Å²) in [4.78, 5) is 23.8. The number of rotatable bonds is 6. The van der Waals surface area contributed by atoms with Gasteiger partial charge in [0.15, 0.2) is 0 Å². The van der Waals surface area contributed by atoms with Crippen LogP contribution in [0, 0.1) is 11.3 Å². The van der Waals surface area contributed by atoms with Crippen molar-refractivity contribution in [2.45, 2.75) is 64.8 Å². The van der Waals surface area contributed by atoms with Crippen molar-refractivity contribution < 1.29 is 22.7 Å². The number of alkyl halides is 3. The molecule has 0 spiro atoms. The summed E-state index contributed by atoms with van der Waals surface area (Å²) in [6.07, 6.45) is 1.02. The van der Waals surface area contributed by atoms with Gasteiger partial charge in [0, 0.05) is 56.3 Å². The molecule has 2 aromatic heterocycles. The van der Waals surface area contributed by atoms with Crippen LogP contribution < -0.4 is 10.1 Å². The molecule has 2 aromatic rings. The molecule has 4 rings (SSSR count). The van der Waals surface area contributed by atoms with Crippen molar-refractivity contribution in [3.05, 3.63) is 53.0 Å². The van der Waals surface area contributed by atoms with Crippen molar-refractivity contribution in [1.29, 1.82) is 0 Å². The van der Waals surface area contributed by atoms with Gasteiger partial charge in [-0.2, -0.15) is 13.2 Å². The van der Waals surface area contributed by atoms with Gasteiger partial charge in [0.1, 0.15) is 0 Å². The highest BCUT2D eigenvalue weighted by atomic mass is 19.4. The zero-order valence-corrected chi connectivity index (χ0v) is 19.8. The van der Waals surface area contributed by atoms with Crippen LogP contribution in [0.2, 0.25) is 0 Å². The molecule has 9 heteroatoms. The number of carbonyl (C=O) groups excluding carboxylic acids is 1. The van der Waals surface area contributed by atoms with E-state index in [4.69, 9.17) is 4.74 Å². The predicted molar refractivity (Wildman–Crippen MR) is 121 cm³/mol. The van der Waals surface area contributed by atoms with E-state index in [2.05, 4.69) is 29.1 Å². The Kier molecular flexibility index (Phi) is 6.85. The van der Waals surface area contributed by atoms with E-state index in [1.807, 2.05) is 12.1 Å². The van der Waals surface area contributed by atoms with Crippen LogP contribution >= 0.6 is 0 Å². The lowest BCUT2D eigenvalue weighted by molar-refractivity contribution is -0.145. The molecule has 0 saturated heterocycles. The number of hydrogen-bond acceptors (Lipinski definition) is 5. The molecular weight excluding hydrogens is 445 g/mol. The number of hydrogen-bond donors (Lipinski definition) is 1. The number of amides is 1. The number of fused-ring (bicyclic) bond motifs is 1. The van der Waals surface area contributed by atoms with Crippen LogP contribution in [0.3, 0.4) is 0 Å². The quantitative estimate of drug-likeness (QED) is 0.671. The van der Waals surface area contributed by atoms with E-state index < -0.39 is 17.2 Å². The third kappa shape index (κ3) is 4.89. The number of nitrogens with zero attached hydrogens (tertiary/aromatic N) is 3. The van der Waals surface area contributed by atoms with Gasteiger partial charge in [0.25, 0.3) is 0 Å². The molecule has 2 aliphatic rings. The standard InChI is InChI=1S/C25H31F3N4O2/c1-16(2)24(8-6-20(11-24)29-12-17-4-5-22(34-3)31-13-17)23(33)32-9-7-21-18(15-32)10-19(14-30-21)25(26,27)28/h4-5,10,13-14,16,20,29H,6-9,11-12,15H2,1-3H3/t20-,24+/m1/s1. The Bertz CT molecular complexity index is 1030. The van der Waals surface area contributed by atoms with Crippen LogP contribution in [0.4, 0.5) is 13.2 Å². The van der Waals surface area contributed by atoms with E-state index in [1.165, 1.54) is 0 Å². The summed E-state index contributed by atoms with van der Waals surface area (Å²) >= 11 is 0. The van der Waals surface area contributed by atoms with E-state index in [0.717, 1.165) is 30.7 Å². The number of methoxy groups -OCH3 is 1. The fourth-order valence-electron chi connectivity index (χ4n) is 5.18. The summed E-state index contributed by atoms with van der Waals surface area (Å²) in [5.41, 5.74) is 0.886. The normalized spacial score (nSPS) is 22.7. The van der Waals surface area contributed by atoms with Gasteiger partial charge in [-0.1, -0.05) is 19.9 Å². The lowest BCUT2D eigenvalue weighted by Crippen LogP contribution is -2.48. The summed E-state index contributed by atoms with van der Waals surface area (Å²) in [6.45, 7) is 5.43. The molecule has 0 aromatic carbocycles. The van der Waals surface area contributed by atoms with Crippen molar-refractivity contribution in [3.8, 4) is 5.88 Å². The van der Waals surface area contributed by atoms with Gasteiger partial charge in [-0.25, -0.2) is 4.98 Å². The molecule has 1 N–H and O–H groups in total. The Hall–Kier alpha value is -2.68. The van der Waals surface area contributed by atoms with Gasteiger partial charge in [-0.3, -0.25) is 9.78 Å². The zero-order chi connectivity index (χ0) is 24.5. The molecule has 2 atom stereocenters. The second kappa shape index (κ2) is 9.52. The van der Waals surface area contributed by atoms with Gasteiger partial charge in [0.05, 0.1) is 18.1 Å². The monoisotopic (exact) mass is 476 g/mol. The number of carbonyl (C=O) groups is 1. The van der Waals surface area contributed by atoms with Crippen LogP contribution in [0.5, 0.6) is 5.88 Å². The van der Waals surface area contributed by atoms with Crippen molar-refractivity contribution in [1.82, 2.24) is 20.2 Å². The third-order valence-electron chi connectivity index (χ3n) is 7.34. The minimum Gasteiger partial charge on any atom is -0.481 e. The van der Waals surface area contributed by atoms with Crippen LogP contribution in [0.1, 0.15) is 55.5 Å². The summed E-state index contributed by atoms with van der Waals surface area (Å²) in [5.74, 6) is 0.728. The van der Waals surface area contributed by atoms with Gasteiger partial charge >= 0.3 is 6.18 Å². The molecule has 1 aliphatic carbocycles. The van der Waals surface area contributed by atoms with Crippen LogP contribution in [-0.2, 0) is 30.5 Å². The van der Waals surface area contributed by atoms with Crippen LogP contribution in [0.25, 0.3) is 0 Å². The highest BCUT2D eigenvalue weighted by Gasteiger charge is 2.49. The molecule has 1 aliphatic heterocycles. The Morgan fingerprint density at radius 2 is 2.09 bits per heavy atom. The summed E-state index contributed by atoms with van der Waals surface area (Å²) in [5, 5.41) is 3.56. The maximum atomic E-state index is 13.8. The molecule has 184 valence electrons. The minimum absolute atomic E-state index is 0.0426. The Labute approximate surface area is 197 Å². The number of pyridine rings is 2. The summed E-state index contributed by atoms with van der Waals surface area (Å²) < 4.78 is 44.6. The first-order chi connectivity index (χ1) is 16.1. The van der Waals surface area contributed by atoms with Crippen molar-refractivity contribution in [2.24, 2.45) is 11.3 Å². The zero-order valence-electron chi connectivity index (χ0n) is 19.8. The van der Waals surface area contributed by atoms with Crippen molar-refractivity contribution in [2.75, 3.05) is 13.7 Å². The molecule has 6 nitrogen and oxygen atoms in total. The minimum atomic E-state index is -4.45. The van der Waals surface area contributed by atoms with E-state index in [0.29, 0.717) is 43.1 Å². The molecule has 1 amide bonds. The maximum absolute atomic E-state index is 13.8. The number of nitrogens with one attached hydrogen (secondary N) is 1. The highest BCUT2D eigenvalue weighted by Crippen LogP contribution is 2.46. The topological polar surface area (TPSA) is 67.3 Å². The first-order valence-electron chi connectivity index (χ1n) is 11.7. The number of halogens is 3. The van der Waals surface area contributed by atoms with Gasteiger partial charge in [0.2, 0.25) is 11.8 Å². The van der Waals surface area contributed by atoms with Crippen molar-refractivity contribution >= 4 is 5.91 Å². The molecule has 0 unspecified atom stereocenters. The molecule has 3 heterocycles. The molecule has 0 radical (unpaired) electrons. The molecular formula is C25H31F3N4O2. The fourth-order valence-corrected chi connectivity index (χ4v) is 5.18. The van der Waals surface area contributed by atoms with Gasteiger partial charge in [-0.05, 0) is 42.4 Å².